The summed E-state index contributed by atoms with van der Waals surface area (Å²) < 4.78 is 35.8. The van der Waals surface area contributed by atoms with Gasteiger partial charge in [-0.15, -0.1) is 0 Å². The molecular formula is C7H7F3OS. The van der Waals surface area contributed by atoms with Gasteiger partial charge >= 0.3 is 6.18 Å². The van der Waals surface area contributed by atoms with Gasteiger partial charge < -0.3 is 5.11 Å². The quantitative estimate of drug-likeness (QED) is 0.732. The van der Waals surface area contributed by atoms with Crippen molar-refractivity contribution >= 4 is 11.3 Å². The summed E-state index contributed by atoms with van der Waals surface area (Å²) in [6, 6.07) is 0. The summed E-state index contributed by atoms with van der Waals surface area (Å²) in [7, 11) is 0. The van der Waals surface area contributed by atoms with E-state index in [1.54, 1.807) is 12.3 Å². The first-order valence-electron chi connectivity index (χ1n) is 3.20. The van der Waals surface area contributed by atoms with Crippen LogP contribution >= 0.6 is 11.3 Å². The number of halogens is 3. The maximum absolute atomic E-state index is 11.9. The molecule has 0 aliphatic heterocycles. The average Bonchev–Trinajstić information content (AvgIpc) is 2.31. The minimum atomic E-state index is -4.56. The smallest absolute Gasteiger partial charge is 0.379 e. The number of aryl methyl sites for hydroxylation is 1. The fourth-order valence-electron chi connectivity index (χ4n) is 0.827. The highest BCUT2D eigenvalue weighted by Gasteiger charge is 2.40. The second-order valence-electron chi connectivity index (χ2n) is 2.45. The number of hydrogen-bond acceptors (Lipinski definition) is 2. The predicted octanol–water partition coefficient (Wildman–Crippen LogP) is 2.65. The zero-order valence-corrected chi connectivity index (χ0v) is 7.04. The van der Waals surface area contributed by atoms with Crippen LogP contribution in [0.5, 0.6) is 0 Å². The van der Waals surface area contributed by atoms with Crippen LogP contribution in [0.1, 0.15) is 17.2 Å². The van der Waals surface area contributed by atoms with E-state index in [1.807, 2.05) is 0 Å². The van der Waals surface area contributed by atoms with Crippen LogP contribution in [0.3, 0.4) is 0 Å². The lowest BCUT2D eigenvalue weighted by atomic mass is 10.1. The van der Waals surface area contributed by atoms with Gasteiger partial charge in [0.15, 0.2) is 6.10 Å². The molecule has 1 atom stereocenters. The molecule has 0 fully saturated rings. The number of aliphatic hydroxyl groups is 1. The Kier molecular flexibility index (Phi) is 2.44. The van der Waals surface area contributed by atoms with Gasteiger partial charge in [0, 0.05) is 5.56 Å². The van der Waals surface area contributed by atoms with Crippen LogP contribution in [0.2, 0.25) is 0 Å². The summed E-state index contributed by atoms with van der Waals surface area (Å²) in [5.41, 5.74) is 0.428. The standard InChI is InChI=1S/C7H7F3OS/c1-4-2-12-3-5(4)6(11)7(8,9)10/h2-3,6,11H,1H3/t6-/m1/s1. The molecular weight excluding hydrogens is 189 g/mol. The molecule has 1 aromatic rings. The molecule has 0 spiro atoms. The SMILES string of the molecule is Cc1cscc1[C@@H](O)C(F)(F)F. The maximum Gasteiger partial charge on any atom is 0.418 e. The molecule has 0 saturated heterocycles. The Balaban J connectivity index is 2.92. The molecule has 0 radical (unpaired) electrons. The van der Waals surface area contributed by atoms with Crippen LogP contribution in [0.25, 0.3) is 0 Å². The van der Waals surface area contributed by atoms with Gasteiger partial charge in [0.25, 0.3) is 0 Å². The Morgan fingerprint density at radius 1 is 1.42 bits per heavy atom. The third-order valence-corrected chi connectivity index (χ3v) is 2.38. The molecule has 0 aliphatic rings. The fraction of sp³-hybridized carbons (Fsp3) is 0.429. The fourth-order valence-corrected chi connectivity index (χ4v) is 1.70. The third-order valence-electron chi connectivity index (χ3n) is 1.50. The monoisotopic (exact) mass is 196 g/mol. The van der Waals surface area contributed by atoms with E-state index in [0.717, 1.165) is 11.3 Å². The molecule has 0 bridgehead atoms. The van der Waals surface area contributed by atoms with Crippen LogP contribution in [0.4, 0.5) is 13.2 Å². The normalized spacial score (nSPS) is 14.8. The minimum Gasteiger partial charge on any atom is -0.379 e. The maximum atomic E-state index is 11.9. The molecule has 1 N–H and O–H groups in total. The second kappa shape index (κ2) is 3.06. The summed E-state index contributed by atoms with van der Waals surface area (Å²) in [6.45, 7) is 1.54. The first kappa shape index (κ1) is 9.54. The lowest BCUT2D eigenvalue weighted by Gasteiger charge is -2.13. The lowest BCUT2D eigenvalue weighted by molar-refractivity contribution is -0.206. The van der Waals surface area contributed by atoms with Gasteiger partial charge in [-0.3, -0.25) is 0 Å². The van der Waals surface area contributed by atoms with Gasteiger partial charge in [-0.2, -0.15) is 24.5 Å². The van der Waals surface area contributed by atoms with Crippen molar-refractivity contribution in [3.8, 4) is 0 Å². The van der Waals surface area contributed by atoms with Crippen LogP contribution in [0.15, 0.2) is 10.8 Å². The molecule has 1 heterocycles. The topological polar surface area (TPSA) is 20.2 Å². The Hall–Kier alpha value is -0.550. The van der Waals surface area contributed by atoms with Gasteiger partial charge in [-0.25, -0.2) is 0 Å². The highest BCUT2D eigenvalue weighted by molar-refractivity contribution is 7.08. The van der Waals surface area contributed by atoms with E-state index in [1.165, 1.54) is 5.38 Å². The summed E-state index contributed by atoms with van der Waals surface area (Å²) in [5.74, 6) is 0. The number of hydrogen-bond donors (Lipinski definition) is 1. The van der Waals surface area contributed by atoms with E-state index < -0.39 is 12.3 Å². The van der Waals surface area contributed by atoms with Gasteiger partial charge in [-0.05, 0) is 23.2 Å². The van der Waals surface area contributed by atoms with Crippen LogP contribution in [0, 0.1) is 6.92 Å². The lowest BCUT2D eigenvalue weighted by Crippen LogP contribution is -2.20. The molecule has 0 unspecified atom stereocenters. The largest absolute Gasteiger partial charge is 0.418 e. The van der Waals surface area contributed by atoms with Gasteiger partial charge in [0.1, 0.15) is 0 Å². The summed E-state index contributed by atoms with van der Waals surface area (Å²) in [5, 5.41) is 11.7. The molecule has 5 heteroatoms. The van der Waals surface area contributed by atoms with Crippen LogP contribution < -0.4 is 0 Å². The van der Waals surface area contributed by atoms with Gasteiger partial charge in [0.05, 0.1) is 0 Å². The second-order valence-corrected chi connectivity index (χ2v) is 3.20. The Labute approximate surface area is 71.5 Å². The number of aliphatic hydroxyl groups excluding tert-OH is 1. The molecule has 0 aromatic carbocycles. The van der Waals surface area contributed by atoms with Crippen molar-refractivity contribution in [1.82, 2.24) is 0 Å². The van der Waals surface area contributed by atoms with Crippen LogP contribution in [-0.4, -0.2) is 11.3 Å². The Bertz CT molecular complexity index is 266. The summed E-state index contributed by atoms with van der Waals surface area (Å²) >= 11 is 1.15. The van der Waals surface area contributed by atoms with Crippen molar-refractivity contribution in [2.45, 2.75) is 19.2 Å². The molecule has 0 amide bonds. The van der Waals surface area contributed by atoms with E-state index in [0.29, 0.717) is 5.56 Å². The van der Waals surface area contributed by atoms with E-state index in [-0.39, 0.29) is 5.56 Å². The van der Waals surface area contributed by atoms with Crippen molar-refractivity contribution in [2.75, 3.05) is 0 Å². The minimum absolute atomic E-state index is 0.0486. The zero-order valence-electron chi connectivity index (χ0n) is 6.22. The Morgan fingerprint density at radius 2 is 2.00 bits per heavy atom. The molecule has 1 rings (SSSR count). The number of alkyl halides is 3. The molecule has 0 aliphatic carbocycles. The summed E-state index contributed by atoms with van der Waals surface area (Å²) in [4.78, 5) is 0. The van der Waals surface area contributed by atoms with Gasteiger partial charge in [0.2, 0.25) is 0 Å². The average molecular weight is 196 g/mol. The third kappa shape index (κ3) is 1.78. The van der Waals surface area contributed by atoms with Crippen molar-refractivity contribution < 1.29 is 18.3 Å². The zero-order chi connectivity index (χ0) is 9.35. The number of rotatable bonds is 1. The summed E-state index contributed by atoms with van der Waals surface area (Å²) in [6.07, 6.45) is -6.91. The van der Waals surface area contributed by atoms with Crippen molar-refractivity contribution in [3.63, 3.8) is 0 Å². The molecule has 68 valence electrons. The van der Waals surface area contributed by atoms with Crippen LogP contribution in [-0.2, 0) is 0 Å². The first-order valence-corrected chi connectivity index (χ1v) is 4.14. The van der Waals surface area contributed by atoms with E-state index >= 15 is 0 Å². The van der Waals surface area contributed by atoms with Crippen molar-refractivity contribution in [3.05, 3.63) is 21.9 Å². The van der Waals surface area contributed by atoms with Crippen molar-refractivity contribution in [1.29, 1.82) is 0 Å². The first-order chi connectivity index (χ1) is 5.43. The molecule has 1 aromatic heterocycles. The highest BCUT2D eigenvalue weighted by Crippen LogP contribution is 2.35. The molecule has 0 saturated carbocycles. The number of thiophene rings is 1. The van der Waals surface area contributed by atoms with Crippen molar-refractivity contribution in [2.24, 2.45) is 0 Å². The molecule has 1 nitrogen and oxygen atoms in total. The molecule has 12 heavy (non-hydrogen) atoms. The van der Waals surface area contributed by atoms with E-state index in [9.17, 15) is 13.2 Å². The Morgan fingerprint density at radius 3 is 2.33 bits per heavy atom. The van der Waals surface area contributed by atoms with Gasteiger partial charge in [-0.1, -0.05) is 0 Å². The van der Waals surface area contributed by atoms with E-state index in [2.05, 4.69) is 0 Å². The van der Waals surface area contributed by atoms with E-state index in [4.69, 9.17) is 5.11 Å². The predicted molar refractivity (Wildman–Crippen MR) is 40.1 cm³/mol. The highest BCUT2D eigenvalue weighted by atomic mass is 32.1.